The van der Waals surface area contributed by atoms with Crippen LogP contribution < -0.4 is 5.32 Å². The Kier molecular flexibility index (Phi) is 5.06. The van der Waals surface area contributed by atoms with Gasteiger partial charge < -0.3 is 10.2 Å². The summed E-state index contributed by atoms with van der Waals surface area (Å²) in [5.74, 6) is 0.930. The molecular formula is C16H28N2O2. The predicted octanol–water partition coefficient (Wildman–Crippen LogP) is 2.33. The number of piperazine rings is 1. The van der Waals surface area contributed by atoms with E-state index in [1.165, 1.54) is 19.3 Å². The van der Waals surface area contributed by atoms with Gasteiger partial charge in [0, 0.05) is 6.54 Å². The average Bonchev–Trinajstić information content (AvgIpc) is 2.43. The lowest BCUT2D eigenvalue weighted by Gasteiger charge is -2.42. The highest BCUT2D eigenvalue weighted by molar-refractivity contribution is 5.97. The van der Waals surface area contributed by atoms with E-state index in [2.05, 4.69) is 19.2 Å². The first-order valence-electron chi connectivity index (χ1n) is 8.15. The molecule has 0 radical (unpaired) electrons. The van der Waals surface area contributed by atoms with Crippen LogP contribution >= 0.6 is 0 Å². The molecule has 1 heterocycles. The molecule has 1 aliphatic carbocycles. The van der Waals surface area contributed by atoms with Crippen molar-refractivity contribution >= 4 is 11.8 Å². The van der Waals surface area contributed by atoms with Crippen molar-refractivity contribution in [3.05, 3.63) is 0 Å². The fourth-order valence-corrected chi connectivity index (χ4v) is 3.59. The number of carbonyl (C=O) groups is 2. The first kappa shape index (κ1) is 15.3. The standard InChI is InChI=1S/C16H28N2O2/c1-4-13-15(19)17-14(12-8-6-5-7-9-12)16(20)18(13)10-11(2)3/h11-14H,4-10H2,1-3H3,(H,17,19). The maximum atomic E-state index is 12.8. The number of nitrogens with one attached hydrogen (secondary N) is 1. The number of hydrogen-bond donors (Lipinski definition) is 1. The van der Waals surface area contributed by atoms with Gasteiger partial charge in [-0.2, -0.15) is 0 Å². The Hall–Kier alpha value is -1.06. The van der Waals surface area contributed by atoms with Crippen LogP contribution in [0.2, 0.25) is 0 Å². The molecule has 0 spiro atoms. The molecule has 0 aromatic heterocycles. The van der Waals surface area contributed by atoms with Gasteiger partial charge in [-0.05, 0) is 31.1 Å². The minimum atomic E-state index is -0.274. The summed E-state index contributed by atoms with van der Waals surface area (Å²) in [5, 5.41) is 3.01. The zero-order valence-electron chi connectivity index (χ0n) is 13.0. The summed E-state index contributed by atoms with van der Waals surface area (Å²) < 4.78 is 0. The molecular weight excluding hydrogens is 252 g/mol. The van der Waals surface area contributed by atoms with Gasteiger partial charge in [0.05, 0.1) is 0 Å². The lowest BCUT2D eigenvalue weighted by atomic mass is 9.82. The van der Waals surface area contributed by atoms with E-state index >= 15 is 0 Å². The molecule has 1 saturated carbocycles. The molecule has 2 unspecified atom stereocenters. The Balaban J connectivity index is 2.14. The fraction of sp³-hybridized carbons (Fsp3) is 0.875. The van der Waals surface area contributed by atoms with E-state index in [0.717, 1.165) is 12.8 Å². The summed E-state index contributed by atoms with van der Waals surface area (Å²) in [6, 6.07) is -0.547. The first-order chi connectivity index (χ1) is 9.54. The van der Waals surface area contributed by atoms with Gasteiger partial charge in [0.25, 0.3) is 0 Å². The van der Waals surface area contributed by atoms with Crippen molar-refractivity contribution in [2.24, 2.45) is 11.8 Å². The number of hydrogen-bond acceptors (Lipinski definition) is 2. The summed E-state index contributed by atoms with van der Waals surface area (Å²) in [7, 11) is 0. The average molecular weight is 280 g/mol. The minimum absolute atomic E-state index is 0.0447. The molecule has 0 aromatic carbocycles. The van der Waals surface area contributed by atoms with Gasteiger partial charge in [-0.3, -0.25) is 9.59 Å². The molecule has 1 saturated heterocycles. The molecule has 4 nitrogen and oxygen atoms in total. The first-order valence-corrected chi connectivity index (χ1v) is 8.15. The normalized spacial score (nSPS) is 28.9. The molecule has 2 rings (SSSR count). The van der Waals surface area contributed by atoms with Crippen LogP contribution in [0.3, 0.4) is 0 Å². The van der Waals surface area contributed by atoms with Crippen molar-refractivity contribution in [1.29, 1.82) is 0 Å². The maximum absolute atomic E-state index is 12.8. The zero-order valence-corrected chi connectivity index (χ0v) is 13.0. The number of amides is 2. The van der Waals surface area contributed by atoms with Crippen LogP contribution in [0.25, 0.3) is 0 Å². The molecule has 114 valence electrons. The number of carbonyl (C=O) groups excluding carboxylic acids is 2. The SMILES string of the molecule is CCC1C(=O)NC(C2CCCCC2)C(=O)N1CC(C)C. The van der Waals surface area contributed by atoms with Crippen molar-refractivity contribution in [1.82, 2.24) is 10.2 Å². The largest absolute Gasteiger partial charge is 0.342 e. The maximum Gasteiger partial charge on any atom is 0.246 e. The van der Waals surface area contributed by atoms with Crippen LogP contribution in [0, 0.1) is 11.8 Å². The second-order valence-corrected chi connectivity index (χ2v) is 6.69. The van der Waals surface area contributed by atoms with E-state index in [1.54, 1.807) is 0 Å². The fourth-order valence-electron chi connectivity index (χ4n) is 3.59. The second kappa shape index (κ2) is 6.59. The van der Waals surface area contributed by atoms with Gasteiger partial charge in [-0.15, -0.1) is 0 Å². The van der Waals surface area contributed by atoms with Crippen molar-refractivity contribution in [3.63, 3.8) is 0 Å². The van der Waals surface area contributed by atoms with Crippen LogP contribution in [0.5, 0.6) is 0 Å². The van der Waals surface area contributed by atoms with E-state index in [1.807, 2.05) is 11.8 Å². The predicted molar refractivity (Wildman–Crippen MR) is 79.1 cm³/mol. The smallest absolute Gasteiger partial charge is 0.246 e. The Bertz CT molecular complexity index is 361. The quantitative estimate of drug-likeness (QED) is 0.859. The van der Waals surface area contributed by atoms with Crippen molar-refractivity contribution in [2.45, 2.75) is 71.4 Å². The molecule has 1 aliphatic heterocycles. The van der Waals surface area contributed by atoms with E-state index in [0.29, 0.717) is 24.8 Å². The molecule has 0 bridgehead atoms. The topological polar surface area (TPSA) is 49.4 Å². The van der Waals surface area contributed by atoms with Crippen LogP contribution in [0.4, 0.5) is 0 Å². The summed E-state index contributed by atoms with van der Waals surface area (Å²) in [5.41, 5.74) is 0. The lowest BCUT2D eigenvalue weighted by Crippen LogP contribution is -2.65. The summed E-state index contributed by atoms with van der Waals surface area (Å²) in [4.78, 5) is 26.9. The third-order valence-corrected chi connectivity index (χ3v) is 4.60. The van der Waals surface area contributed by atoms with Crippen LogP contribution in [-0.2, 0) is 9.59 Å². The summed E-state index contributed by atoms with van der Waals surface area (Å²) in [6.45, 7) is 6.87. The molecule has 0 aromatic rings. The lowest BCUT2D eigenvalue weighted by molar-refractivity contribution is -0.152. The van der Waals surface area contributed by atoms with E-state index in [4.69, 9.17) is 0 Å². The van der Waals surface area contributed by atoms with Gasteiger partial charge in [0.2, 0.25) is 11.8 Å². The van der Waals surface area contributed by atoms with Gasteiger partial charge >= 0.3 is 0 Å². The minimum Gasteiger partial charge on any atom is -0.342 e. The van der Waals surface area contributed by atoms with Gasteiger partial charge in [-0.1, -0.05) is 40.0 Å². The summed E-state index contributed by atoms with van der Waals surface area (Å²) >= 11 is 0. The molecule has 20 heavy (non-hydrogen) atoms. The van der Waals surface area contributed by atoms with Crippen LogP contribution in [-0.4, -0.2) is 35.3 Å². The van der Waals surface area contributed by atoms with Gasteiger partial charge in [0.15, 0.2) is 0 Å². The van der Waals surface area contributed by atoms with E-state index < -0.39 is 0 Å². The number of rotatable bonds is 4. The Labute approximate surface area is 122 Å². The number of nitrogens with zero attached hydrogens (tertiary/aromatic N) is 1. The Morgan fingerprint density at radius 2 is 1.85 bits per heavy atom. The van der Waals surface area contributed by atoms with Crippen molar-refractivity contribution < 1.29 is 9.59 Å². The highest BCUT2D eigenvalue weighted by Crippen LogP contribution is 2.29. The zero-order chi connectivity index (χ0) is 14.7. The molecule has 2 aliphatic rings. The van der Waals surface area contributed by atoms with E-state index in [9.17, 15) is 9.59 Å². The molecule has 1 N–H and O–H groups in total. The molecule has 2 atom stereocenters. The monoisotopic (exact) mass is 280 g/mol. The Morgan fingerprint density at radius 3 is 2.40 bits per heavy atom. The third-order valence-electron chi connectivity index (χ3n) is 4.60. The van der Waals surface area contributed by atoms with Crippen molar-refractivity contribution in [3.8, 4) is 0 Å². The van der Waals surface area contributed by atoms with Crippen molar-refractivity contribution in [2.75, 3.05) is 6.54 Å². The second-order valence-electron chi connectivity index (χ2n) is 6.69. The van der Waals surface area contributed by atoms with E-state index in [-0.39, 0.29) is 23.9 Å². The molecule has 4 heteroatoms. The molecule has 2 fully saturated rings. The Morgan fingerprint density at radius 1 is 1.20 bits per heavy atom. The highest BCUT2D eigenvalue weighted by atomic mass is 16.2. The van der Waals surface area contributed by atoms with Crippen LogP contribution in [0.15, 0.2) is 0 Å². The van der Waals surface area contributed by atoms with Gasteiger partial charge in [0.1, 0.15) is 12.1 Å². The third kappa shape index (κ3) is 3.15. The molecule has 2 amide bonds. The van der Waals surface area contributed by atoms with Gasteiger partial charge in [-0.25, -0.2) is 0 Å². The van der Waals surface area contributed by atoms with Crippen LogP contribution in [0.1, 0.15) is 59.3 Å². The summed E-state index contributed by atoms with van der Waals surface area (Å²) in [6.07, 6.45) is 6.48. The highest BCUT2D eigenvalue weighted by Gasteiger charge is 2.42.